The molecule has 0 amide bonds. The van der Waals surface area contributed by atoms with E-state index in [2.05, 4.69) is 0 Å². The van der Waals surface area contributed by atoms with Gasteiger partial charge in [-0.15, -0.1) is 0 Å². The lowest BCUT2D eigenvalue weighted by molar-refractivity contribution is -0.152. The molecule has 1 aliphatic rings. The van der Waals surface area contributed by atoms with Gasteiger partial charge in [-0.25, -0.2) is 0 Å². The summed E-state index contributed by atoms with van der Waals surface area (Å²) < 4.78 is 16.1. The topological polar surface area (TPSA) is 61.8 Å². The molecule has 1 fully saturated rings. The molecule has 0 aliphatic heterocycles. The van der Waals surface area contributed by atoms with E-state index in [1.165, 1.54) is 14.2 Å². The first kappa shape index (κ1) is 19.3. The molecule has 5 nitrogen and oxygen atoms in total. The molecule has 1 unspecified atom stereocenters. The lowest BCUT2D eigenvalue weighted by Gasteiger charge is -2.29. The Balaban J connectivity index is 2.42. The number of hydrogen-bond donors (Lipinski definition) is 0. The van der Waals surface area contributed by atoms with Gasteiger partial charge in [0.1, 0.15) is 23.0 Å². The van der Waals surface area contributed by atoms with Gasteiger partial charge in [0.25, 0.3) is 0 Å². The Labute approximate surface area is 149 Å². The highest BCUT2D eigenvalue weighted by molar-refractivity contribution is 6.12. The molecule has 0 aromatic heterocycles. The monoisotopic (exact) mass is 348 g/mol. The van der Waals surface area contributed by atoms with Crippen molar-refractivity contribution >= 4 is 11.8 Å². The molecule has 0 saturated heterocycles. The van der Waals surface area contributed by atoms with Crippen LogP contribution >= 0.6 is 0 Å². The summed E-state index contributed by atoms with van der Waals surface area (Å²) in [6, 6.07) is 5.18. The number of ether oxygens (including phenoxy) is 3. The Kier molecular flexibility index (Phi) is 6.85. The number of carbonyl (C=O) groups is 2. The Morgan fingerprint density at radius 3 is 2.04 bits per heavy atom. The van der Waals surface area contributed by atoms with Crippen LogP contribution in [0.1, 0.15) is 56.3 Å². The molecule has 1 aromatic carbocycles. The third-order valence-electron chi connectivity index (χ3n) is 4.68. The van der Waals surface area contributed by atoms with Crippen LogP contribution in [0.25, 0.3) is 0 Å². The minimum absolute atomic E-state index is 0.00196. The molecule has 1 aliphatic carbocycles. The lowest BCUT2D eigenvalue weighted by Crippen LogP contribution is -2.35. The van der Waals surface area contributed by atoms with Crippen LogP contribution in [-0.2, 0) is 9.53 Å². The van der Waals surface area contributed by atoms with Crippen molar-refractivity contribution < 1.29 is 23.8 Å². The molecule has 5 heteroatoms. The normalized spacial score (nSPS) is 16.4. The van der Waals surface area contributed by atoms with E-state index < -0.39 is 11.9 Å². The second-order valence-electron chi connectivity index (χ2n) is 6.76. The number of carbonyl (C=O) groups excluding carboxylic acids is 2. The highest BCUT2D eigenvalue weighted by Crippen LogP contribution is 2.37. The molecule has 0 spiro atoms. The molecule has 0 radical (unpaired) electrons. The van der Waals surface area contributed by atoms with Crippen molar-refractivity contribution in [1.82, 2.24) is 0 Å². The number of hydrogen-bond acceptors (Lipinski definition) is 5. The summed E-state index contributed by atoms with van der Waals surface area (Å²) in [4.78, 5) is 26.1. The van der Waals surface area contributed by atoms with E-state index in [-0.39, 0.29) is 17.8 Å². The number of esters is 1. The molecule has 1 atom stereocenters. The van der Waals surface area contributed by atoms with Gasteiger partial charge >= 0.3 is 5.97 Å². The molecule has 2 rings (SSSR count). The standard InChI is InChI=1S/C20H28O5/c1-13(2)25-20(22)17(14-9-6-5-7-10-14)19(21)18-15(23-3)11-8-12-16(18)24-4/h8,11-14,17H,5-7,9-10H2,1-4H3. The van der Waals surface area contributed by atoms with Crippen molar-refractivity contribution in [2.24, 2.45) is 11.8 Å². The van der Waals surface area contributed by atoms with Gasteiger partial charge in [-0.05, 0) is 44.7 Å². The summed E-state index contributed by atoms with van der Waals surface area (Å²) >= 11 is 0. The van der Waals surface area contributed by atoms with E-state index >= 15 is 0 Å². The number of rotatable bonds is 7. The summed E-state index contributed by atoms with van der Waals surface area (Å²) in [7, 11) is 3.02. The Bertz CT molecular complexity index is 580. The fourth-order valence-electron chi connectivity index (χ4n) is 3.54. The van der Waals surface area contributed by atoms with Gasteiger partial charge in [0.15, 0.2) is 5.78 Å². The van der Waals surface area contributed by atoms with Crippen molar-refractivity contribution in [1.29, 1.82) is 0 Å². The number of ketones is 1. The lowest BCUT2D eigenvalue weighted by atomic mass is 9.76. The maximum Gasteiger partial charge on any atom is 0.317 e. The summed E-state index contributed by atoms with van der Waals surface area (Å²) in [6.07, 6.45) is 4.68. The van der Waals surface area contributed by atoms with Gasteiger partial charge < -0.3 is 14.2 Å². The fourth-order valence-corrected chi connectivity index (χ4v) is 3.54. The maximum absolute atomic E-state index is 13.4. The van der Waals surface area contributed by atoms with E-state index in [9.17, 15) is 9.59 Å². The molecule has 1 saturated carbocycles. The zero-order chi connectivity index (χ0) is 18.4. The van der Waals surface area contributed by atoms with Gasteiger partial charge in [-0.1, -0.05) is 25.3 Å². The van der Waals surface area contributed by atoms with Crippen LogP contribution in [0.2, 0.25) is 0 Å². The van der Waals surface area contributed by atoms with E-state index in [1.807, 2.05) is 0 Å². The number of methoxy groups -OCH3 is 2. The summed E-state index contributed by atoms with van der Waals surface area (Å²) in [5.74, 6) is -0.688. The highest BCUT2D eigenvalue weighted by atomic mass is 16.5. The molecule has 0 bridgehead atoms. The SMILES string of the molecule is COc1cccc(OC)c1C(=O)C(C(=O)OC(C)C)C1CCCCC1. The molecular weight excluding hydrogens is 320 g/mol. The second kappa shape index (κ2) is 8.88. The third kappa shape index (κ3) is 4.53. The summed E-state index contributed by atoms with van der Waals surface area (Å²) in [6.45, 7) is 3.59. The average molecular weight is 348 g/mol. The molecule has 25 heavy (non-hydrogen) atoms. The van der Waals surface area contributed by atoms with Gasteiger partial charge in [-0.2, -0.15) is 0 Å². The van der Waals surface area contributed by atoms with Crippen LogP contribution in [0.3, 0.4) is 0 Å². The molecule has 1 aromatic rings. The Morgan fingerprint density at radius 2 is 1.56 bits per heavy atom. The van der Waals surface area contributed by atoms with Crippen LogP contribution in [0.4, 0.5) is 0 Å². The zero-order valence-electron chi connectivity index (χ0n) is 15.5. The van der Waals surface area contributed by atoms with Crippen molar-refractivity contribution in [3.63, 3.8) is 0 Å². The largest absolute Gasteiger partial charge is 0.496 e. The fraction of sp³-hybridized carbons (Fsp3) is 0.600. The predicted molar refractivity (Wildman–Crippen MR) is 95.2 cm³/mol. The molecule has 0 heterocycles. The Hall–Kier alpha value is -2.04. The minimum Gasteiger partial charge on any atom is -0.496 e. The van der Waals surface area contributed by atoms with Crippen molar-refractivity contribution in [3.8, 4) is 11.5 Å². The first-order valence-corrected chi connectivity index (χ1v) is 8.95. The highest BCUT2D eigenvalue weighted by Gasteiger charge is 2.39. The van der Waals surface area contributed by atoms with Crippen molar-refractivity contribution in [2.45, 2.75) is 52.1 Å². The number of Topliss-reactive ketones (excluding diaryl/α,β-unsaturated/α-hetero) is 1. The first-order valence-electron chi connectivity index (χ1n) is 8.95. The van der Waals surface area contributed by atoms with Crippen LogP contribution in [-0.4, -0.2) is 32.1 Å². The summed E-state index contributed by atoms with van der Waals surface area (Å²) in [5.41, 5.74) is 0.323. The van der Waals surface area contributed by atoms with E-state index in [0.29, 0.717) is 17.1 Å². The maximum atomic E-state index is 13.4. The van der Waals surface area contributed by atoms with Crippen LogP contribution in [0, 0.1) is 11.8 Å². The van der Waals surface area contributed by atoms with E-state index in [0.717, 1.165) is 32.1 Å². The first-order chi connectivity index (χ1) is 12.0. The third-order valence-corrected chi connectivity index (χ3v) is 4.68. The van der Waals surface area contributed by atoms with Crippen molar-refractivity contribution in [2.75, 3.05) is 14.2 Å². The number of benzene rings is 1. The smallest absolute Gasteiger partial charge is 0.317 e. The van der Waals surface area contributed by atoms with Crippen LogP contribution < -0.4 is 9.47 Å². The molecular formula is C20H28O5. The molecule has 0 N–H and O–H groups in total. The predicted octanol–water partition coefficient (Wildman–Crippen LogP) is 4.03. The molecule has 138 valence electrons. The van der Waals surface area contributed by atoms with Crippen molar-refractivity contribution in [3.05, 3.63) is 23.8 Å². The van der Waals surface area contributed by atoms with Crippen LogP contribution in [0.15, 0.2) is 18.2 Å². The van der Waals surface area contributed by atoms with Crippen LogP contribution in [0.5, 0.6) is 11.5 Å². The minimum atomic E-state index is -0.812. The van der Waals surface area contributed by atoms with E-state index in [1.54, 1.807) is 32.0 Å². The van der Waals surface area contributed by atoms with Gasteiger partial charge in [0.05, 0.1) is 20.3 Å². The van der Waals surface area contributed by atoms with Gasteiger partial charge in [-0.3, -0.25) is 9.59 Å². The van der Waals surface area contributed by atoms with E-state index in [4.69, 9.17) is 14.2 Å². The summed E-state index contributed by atoms with van der Waals surface area (Å²) in [5, 5.41) is 0. The second-order valence-corrected chi connectivity index (χ2v) is 6.76. The van der Waals surface area contributed by atoms with Gasteiger partial charge in [0, 0.05) is 0 Å². The Morgan fingerprint density at radius 1 is 1.00 bits per heavy atom. The van der Waals surface area contributed by atoms with Gasteiger partial charge in [0.2, 0.25) is 0 Å². The average Bonchev–Trinajstić information content (AvgIpc) is 2.61. The quantitative estimate of drug-likeness (QED) is 0.423. The zero-order valence-corrected chi connectivity index (χ0v) is 15.5.